The Morgan fingerprint density at radius 2 is 2.13 bits per heavy atom. The van der Waals surface area contributed by atoms with Crippen molar-refractivity contribution in [2.45, 2.75) is 19.8 Å². The van der Waals surface area contributed by atoms with Crippen molar-refractivity contribution in [3.8, 4) is 0 Å². The predicted octanol–water partition coefficient (Wildman–Crippen LogP) is 3.46. The van der Waals surface area contributed by atoms with Gasteiger partial charge in [-0.3, -0.25) is 0 Å². The van der Waals surface area contributed by atoms with Gasteiger partial charge in [0, 0.05) is 11.3 Å². The average molecular weight is 220 g/mol. The molecule has 0 aliphatic carbocycles. The van der Waals surface area contributed by atoms with Crippen LogP contribution in [0, 0.1) is 5.92 Å². The number of thiophene rings is 1. The minimum absolute atomic E-state index is 0.292. The summed E-state index contributed by atoms with van der Waals surface area (Å²) in [5.41, 5.74) is 1.39. The first kappa shape index (κ1) is 10.7. The van der Waals surface area contributed by atoms with Gasteiger partial charge in [-0.25, -0.2) is 0 Å². The molecular weight excluding hydrogens is 204 g/mol. The van der Waals surface area contributed by atoms with E-state index in [-0.39, 0.29) is 0 Å². The van der Waals surface area contributed by atoms with Gasteiger partial charge < -0.3 is 5.11 Å². The molecule has 0 bridgehead atoms. The monoisotopic (exact) mass is 220 g/mol. The highest BCUT2D eigenvalue weighted by molar-refractivity contribution is 7.17. The third kappa shape index (κ3) is 2.21. The molecule has 0 radical (unpaired) electrons. The molecule has 15 heavy (non-hydrogen) atoms. The molecular formula is C13H16OS. The van der Waals surface area contributed by atoms with E-state index in [9.17, 15) is 5.11 Å². The zero-order chi connectivity index (χ0) is 10.7. The van der Waals surface area contributed by atoms with Crippen LogP contribution in [0.25, 0.3) is 10.1 Å². The quantitative estimate of drug-likeness (QED) is 0.836. The lowest BCUT2D eigenvalue weighted by Crippen LogP contribution is -2.07. The summed E-state index contributed by atoms with van der Waals surface area (Å²) in [6, 6.07) is 8.49. The third-order valence-electron chi connectivity index (χ3n) is 2.91. The standard InChI is InChI=1S/C13H16OS/c1-2-10(8-14)7-11-9-15-13-6-4-3-5-12(11)13/h3-6,9-10,14H,2,7-8H2,1H3. The maximum atomic E-state index is 9.20. The van der Waals surface area contributed by atoms with Gasteiger partial charge in [-0.2, -0.15) is 0 Å². The number of hydrogen-bond acceptors (Lipinski definition) is 2. The number of benzene rings is 1. The first-order valence-electron chi connectivity index (χ1n) is 5.41. The third-order valence-corrected chi connectivity index (χ3v) is 3.92. The molecule has 0 saturated heterocycles. The van der Waals surface area contributed by atoms with Gasteiger partial charge in [-0.15, -0.1) is 11.3 Å². The SMILES string of the molecule is CCC(CO)Cc1csc2ccccc12. The first-order chi connectivity index (χ1) is 7.35. The van der Waals surface area contributed by atoms with Crippen LogP contribution >= 0.6 is 11.3 Å². The Morgan fingerprint density at radius 1 is 1.33 bits per heavy atom. The van der Waals surface area contributed by atoms with E-state index in [0.717, 1.165) is 12.8 Å². The van der Waals surface area contributed by atoms with Crippen molar-refractivity contribution in [2.24, 2.45) is 5.92 Å². The molecule has 0 saturated carbocycles. The second kappa shape index (κ2) is 4.77. The summed E-state index contributed by atoms with van der Waals surface area (Å²) in [5, 5.41) is 12.8. The van der Waals surface area contributed by atoms with Gasteiger partial charge in [0.25, 0.3) is 0 Å². The second-order valence-electron chi connectivity index (χ2n) is 3.92. The smallest absolute Gasteiger partial charge is 0.0462 e. The molecule has 0 aliphatic rings. The van der Waals surface area contributed by atoms with Gasteiger partial charge in [-0.05, 0) is 34.7 Å². The minimum Gasteiger partial charge on any atom is -0.396 e. The Labute approximate surface area is 94.4 Å². The van der Waals surface area contributed by atoms with Gasteiger partial charge in [-0.1, -0.05) is 31.5 Å². The number of fused-ring (bicyclic) bond motifs is 1. The zero-order valence-electron chi connectivity index (χ0n) is 8.94. The number of hydrogen-bond donors (Lipinski definition) is 1. The Hall–Kier alpha value is -0.860. The average Bonchev–Trinajstić information content (AvgIpc) is 2.69. The van der Waals surface area contributed by atoms with Crippen LogP contribution in [0.15, 0.2) is 29.6 Å². The van der Waals surface area contributed by atoms with Crippen LogP contribution in [0.4, 0.5) is 0 Å². The van der Waals surface area contributed by atoms with Crippen LogP contribution in [-0.2, 0) is 6.42 Å². The van der Waals surface area contributed by atoms with Crippen LogP contribution in [0.1, 0.15) is 18.9 Å². The molecule has 0 aliphatic heterocycles. The maximum Gasteiger partial charge on any atom is 0.0462 e. The minimum atomic E-state index is 0.292. The molecule has 1 nitrogen and oxygen atoms in total. The molecule has 2 rings (SSSR count). The molecule has 80 valence electrons. The Balaban J connectivity index is 2.28. The van der Waals surface area contributed by atoms with Crippen molar-refractivity contribution in [1.82, 2.24) is 0 Å². The summed E-state index contributed by atoms with van der Waals surface area (Å²) in [4.78, 5) is 0. The molecule has 0 fully saturated rings. The van der Waals surface area contributed by atoms with Crippen molar-refractivity contribution in [2.75, 3.05) is 6.61 Å². The molecule has 1 heterocycles. The highest BCUT2D eigenvalue weighted by Gasteiger charge is 2.09. The van der Waals surface area contributed by atoms with Gasteiger partial charge in [0.05, 0.1) is 0 Å². The number of aliphatic hydroxyl groups excluding tert-OH is 1. The number of rotatable bonds is 4. The van der Waals surface area contributed by atoms with Crippen LogP contribution in [-0.4, -0.2) is 11.7 Å². The Morgan fingerprint density at radius 3 is 2.87 bits per heavy atom. The molecule has 0 spiro atoms. The van der Waals surface area contributed by atoms with Crippen molar-refractivity contribution in [3.05, 3.63) is 35.2 Å². The van der Waals surface area contributed by atoms with E-state index in [2.05, 4.69) is 36.6 Å². The topological polar surface area (TPSA) is 20.2 Å². The summed E-state index contributed by atoms with van der Waals surface area (Å²) >= 11 is 1.80. The summed E-state index contributed by atoms with van der Waals surface area (Å²) in [5.74, 6) is 0.406. The Kier molecular flexibility index (Phi) is 3.39. The van der Waals surface area contributed by atoms with E-state index in [4.69, 9.17) is 0 Å². The van der Waals surface area contributed by atoms with E-state index < -0.39 is 0 Å². The van der Waals surface area contributed by atoms with E-state index >= 15 is 0 Å². The lowest BCUT2D eigenvalue weighted by Gasteiger charge is -2.10. The summed E-state index contributed by atoms with van der Waals surface area (Å²) < 4.78 is 1.35. The van der Waals surface area contributed by atoms with Gasteiger partial charge >= 0.3 is 0 Å². The molecule has 1 unspecified atom stereocenters. The van der Waals surface area contributed by atoms with Gasteiger partial charge in [0.15, 0.2) is 0 Å². The Bertz CT molecular complexity index is 429. The fraction of sp³-hybridized carbons (Fsp3) is 0.385. The van der Waals surface area contributed by atoms with Crippen molar-refractivity contribution >= 4 is 21.4 Å². The van der Waals surface area contributed by atoms with E-state index in [0.29, 0.717) is 12.5 Å². The second-order valence-corrected chi connectivity index (χ2v) is 4.83. The van der Waals surface area contributed by atoms with Crippen molar-refractivity contribution < 1.29 is 5.11 Å². The van der Waals surface area contributed by atoms with Crippen LogP contribution < -0.4 is 0 Å². The number of aliphatic hydroxyl groups is 1. The summed E-state index contributed by atoms with van der Waals surface area (Å²) in [6.45, 7) is 2.43. The first-order valence-corrected chi connectivity index (χ1v) is 6.29. The molecule has 1 aromatic heterocycles. The van der Waals surface area contributed by atoms with Crippen LogP contribution in [0.3, 0.4) is 0 Å². The van der Waals surface area contributed by atoms with E-state index in [1.165, 1.54) is 15.6 Å². The fourth-order valence-corrected chi connectivity index (χ4v) is 2.82. The summed E-state index contributed by atoms with van der Waals surface area (Å²) in [6.07, 6.45) is 2.04. The van der Waals surface area contributed by atoms with Crippen LogP contribution in [0.2, 0.25) is 0 Å². The lowest BCUT2D eigenvalue weighted by molar-refractivity contribution is 0.222. The molecule has 2 heteroatoms. The fourth-order valence-electron chi connectivity index (χ4n) is 1.84. The highest BCUT2D eigenvalue weighted by atomic mass is 32.1. The lowest BCUT2D eigenvalue weighted by atomic mass is 9.97. The maximum absolute atomic E-state index is 9.20. The molecule has 1 aromatic carbocycles. The normalized spacial score (nSPS) is 13.2. The molecule has 2 aromatic rings. The molecule has 1 N–H and O–H groups in total. The largest absolute Gasteiger partial charge is 0.396 e. The predicted molar refractivity (Wildman–Crippen MR) is 66.4 cm³/mol. The molecule has 0 amide bonds. The van der Waals surface area contributed by atoms with Gasteiger partial charge in [0.1, 0.15) is 0 Å². The highest BCUT2D eigenvalue weighted by Crippen LogP contribution is 2.27. The van der Waals surface area contributed by atoms with Crippen molar-refractivity contribution in [1.29, 1.82) is 0 Å². The van der Waals surface area contributed by atoms with Crippen molar-refractivity contribution in [3.63, 3.8) is 0 Å². The van der Waals surface area contributed by atoms with E-state index in [1.54, 1.807) is 11.3 Å². The van der Waals surface area contributed by atoms with E-state index in [1.807, 2.05) is 0 Å². The molecule has 1 atom stereocenters. The van der Waals surface area contributed by atoms with Gasteiger partial charge in [0.2, 0.25) is 0 Å². The van der Waals surface area contributed by atoms with Crippen LogP contribution in [0.5, 0.6) is 0 Å². The zero-order valence-corrected chi connectivity index (χ0v) is 9.76. The summed E-state index contributed by atoms with van der Waals surface area (Å²) in [7, 11) is 0.